The lowest BCUT2D eigenvalue weighted by molar-refractivity contribution is -0.139. The van der Waals surface area contributed by atoms with Crippen molar-refractivity contribution in [1.82, 2.24) is 14.7 Å². The molecule has 2 heterocycles. The van der Waals surface area contributed by atoms with Crippen molar-refractivity contribution in [3.05, 3.63) is 137 Å². The molecule has 0 bridgehead atoms. The Morgan fingerprint density at radius 3 is 2.30 bits per heavy atom. The Hall–Kier alpha value is -5.17. The zero-order valence-corrected chi connectivity index (χ0v) is 22.0. The molecule has 0 radical (unpaired) electrons. The van der Waals surface area contributed by atoms with E-state index in [1.165, 1.54) is 5.56 Å². The molecule has 7 heteroatoms. The Labute approximate surface area is 232 Å². The van der Waals surface area contributed by atoms with E-state index in [1.54, 1.807) is 34.9 Å². The molecule has 0 aliphatic heterocycles. The van der Waals surface area contributed by atoms with Crippen LogP contribution in [0.3, 0.4) is 0 Å². The summed E-state index contributed by atoms with van der Waals surface area (Å²) in [5.74, 6) is -0.984. The van der Waals surface area contributed by atoms with Crippen LogP contribution in [0.4, 0.5) is 0 Å². The summed E-state index contributed by atoms with van der Waals surface area (Å²) in [4.78, 5) is 29.3. The Kier molecular flexibility index (Phi) is 8.02. The number of carboxylic acid groups (broad SMARTS) is 1. The van der Waals surface area contributed by atoms with Crippen molar-refractivity contribution in [2.24, 2.45) is 0 Å². The lowest BCUT2D eigenvalue weighted by atomic mass is 10.1. The molecule has 0 fully saturated rings. The maximum atomic E-state index is 12.9. The number of carbonyl (C=O) groups excluding carboxylic acids is 1. The number of hydrogen-bond donors (Lipinski definition) is 2. The Balaban J connectivity index is 1.21. The number of nitrogens with zero attached hydrogens (tertiary/aromatic N) is 2. The third-order valence-electron chi connectivity index (χ3n) is 6.47. The number of aliphatic carboxylic acids is 1. The Morgan fingerprint density at radius 1 is 0.875 bits per heavy atom. The molecule has 5 aromatic rings. The number of benzene rings is 3. The average molecular weight is 532 g/mol. The summed E-state index contributed by atoms with van der Waals surface area (Å²) in [5, 5.41) is 12.4. The van der Waals surface area contributed by atoms with Crippen LogP contribution >= 0.6 is 0 Å². The topological polar surface area (TPSA) is 92.9 Å². The van der Waals surface area contributed by atoms with Gasteiger partial charge < -0.3 is 19.6 Å². The molecule has 0 unspecified atom stereocenters. The molecule has 1 amide bonds. The van der Waals surface area contributed by atoms with Gasteiger partial charge in [-0.2, -0.15) is 0 Å². The number of carboxylic acids is 1. The molecule has 3 aromatic carbocycles. The standard InChI is InChI=1S/C33H29N3O4/c1-23-7-9-24(10-8-23)11-12-26-15-18-31-34-30(21-36(31)20-26)32(37)35-29(33(38)39)19-25-13-16-28(17-14-25)40-22-27-5-3-2-4-6-27/h2-18,20-21,29H,19,22H2,1H3,(H,35,37)(H,38,39)/b12-11+/t29-/m0/s1. The first-order valence-electron chi connectivity index (χ1n) is 13.0. The number of imidazole rings is 1. The second-order valence-electron chi connectivity index (χ2n) is 9.58. The van der Waals surface area contributed by atoms with Crippen LogP contribution in [0.5, 0.6) is 5.75 Å². The first-order valence-corrected chi connectivity index (χ1v) is 13.0. The van der Waals surface area contributed by atoms with Gasteiger partial charge in [0.1, 0.15) is 29.7 Å². The summed E-state index contributed by atoms with van der Waals surface area (Å²) in [6.07, 6.45) is 7.61. The summed E-state index contributed by atoms with van der Waals surface area (Å²) in [6.45, 7) is 2.49. The van der Waals surface area contributed by atoms with Gasteiger partial charge in [0.25, 0.3) is 5.91 Å². The highest BCUT2D eigenvalue weighted by molar-refractivity contribution is 5.95. The molecule has 0 aliphatic rings. The van der Waals surface area contributed by atoms with Crippen LogP contribution < -0.4 is 10.1 Å². The Bertz CT molecular complexity index is 1640. The molecule has 0 aliphatic carbocycles. The Morgan fingerprint density at radius 2 is 1.57 bits per heavy atom. The number of hydrogen-bond acceptors (Lipinski definition) is 4. The number of aryl methyl sites for hydroxylation is 1. The molecule has 1 atom stereocenters. The number of fused-ring (bicyclic) bond motifs is 1. The van der Waals surface area contributed by atoms with Crippen LogP contribution in [0, 0.1) is 6.92 Å². The van der Waals surface area contributed by atoms with E-state index in [2.05, 4.69) is 34.6 Å². The molecule has 5 rings (SSSR count). The van der Waals surface area contributed by atoms with E-state index in [4.69, 9.17) is 4.74 Å². The van der Waals surface area contributed by atoms with Crippen LogP contribution in [0.1, 0.15) is 38.3 Å². The maximum absolute atomic E-state index is 12.9. The van der Waals surface area contributed by atoms with Crippen LogP contribution in [0.2, 0.25) is 0 Å². The van der Waals surface area contributed by atoms with Gasteiger partial charge in [-0.1, -0.05) is 84.4 Å². The van der Waals surface area contributed by atoms with Crippen LogP contribution in [-0.2, 0) is 17.8 Å². The first-order chi connectivity index (χ1) is 19.4. The van der Waals surface area contributed by atoms with Gasteiger partial charge in [-0.3, -0.25) is 4.79 Å². The van der Waals surface area contributed by atoms with Crippen LogP contribution in [-0.4, -0.2) is 32.4 Å². The van der Waals surface area contributed by atoms with E-state index < -0.39 is 17.9 Å². The summed E-state index contributed by atoms with van der Waals surface area (Å²) in [7, 11) is 0. The van der Waals surface area contributed by atoms with E-state index in [1.807, 2.05) is 67.7 Å². The minimum absolute atomic E-state index is 0.126. The molecule has 0 saturated carbocycles. The molecule has 40 heavy (non-hydrogen) atoms. The highest BCUT2D eigenvalue weighted by atomic mass is 16.5. The second-order valence-corrected chi connectivity index (χ2v) is 9.58. The smallest absolute Gasteiger partial charge is 0.326 e. The van der Waals surface area contributed by atoms with Crippen LogP contribution in [0.25, 0.3) is 17.8 Å². The van der Waals surface area contributed by atoms with E-state index in [0.29, 0.717) is 18.0 Å². The number of aromatic nitrogens is 2. The first kappa shape index (κ1) is 26.4. The lowest BCUT2D eigenvalue weighted by Crippen LogP contribution is -2.42. The number of rotatable bonds is 10. The van der Waals surface area contributed by atoms with Crippen molar-refractivity contribution in [2.75, 3.05) is 0 Å². The van der Waals surface area contributed by atoms with Gasteiger partial charge in [0.2, 0.25) is 0 Å². The fourth-order valence-electron chi connectivity index (χ4n) is 4.22. The minimum Gasteiger partial charge on any atom is -0.489 e. The van der Waals surface area contributed by atoms with E-state index in [9.17, 15) is 14.7 Å². The molecule has 0 spiro atoms. The van der Waals surface area contributed by atoms with Gasteiger partial charge in [0.15, 0.2) is 0 Å². The van der Waals surface area contributed by atoms with Crippen molar-refractivity contribution in [2.45, 2.75) is 26.0 Å². The highest BCUT2D eigenvalue weighted by Gasteiger charge is 2.22. The minimum atomic E-state index is -1.12. The lowest BCUT2D eigenvalue weighted by Gasteiger charge is -2.14. The van der Waals surface area contributed by atoms with Crippen molar-refractivity contribution in [1.29, 1.82) is 0 Å². The number of carbonyl (C=O) groups is 2. The predicted octanol–water partition coefficient (Wildman–Crippen LogP) is 5.82. The fourth-order valence-corrected chi connectivity index (χ4v) is 4.22. The van der Waals surface area contributed by atoms with Gasteiger partial charge in [0.05, 0.1) is 0 Å². The largest absolute Gasteiger partial charge is 0.489 e. The molecule has 2 aromatic heterocycles. The number of amides is 1. The van der Waals surface area contributed by atoms with Gasteiger partial charge in [-0.25, -0.2) is 9.78 Å². The second kappa shape index (κ2) is 12.1. The number of pyridine rings is 1. The summed E-state index contributed by atoms with van der Waals surface area (Å²) >= 11 is 0. The van der Waals surface area contributed by atoms with E-state index in [0.717, 1.165) is 22.3 Å². The molecule has 200 valence electrons. The summed E-state index contributed by atoms with van der Waals surface area (Å²) in [5.41, 5.74) is 5.80. The quantitative estimate of drug-likeness (QED) is 0.237. The highest BCUT2D eigenvalue weighted by Crippen LogP contribution is 2.16. The van der Waals surface area contributed by atoms with Crippen molar-refractivity contribution in [3.8, 4) is 5.75 Å². The summed E-state index contributed by atoms with van der Waals surface area (Å²) in [6, 6.07) is 27.9. The van der Waals surface area contributed by atoms with Crippen molar-refractivity contribution in [3.63, 3.8) is 0 Å². The van der Waals surface area contributed by atoms with E-state index in [-0.39, 0.29) is 12.1 Å². The third-order valence-corrected chi connectivity index (χ3v) is 6.47. The van der Waals surface area contributed by atoms with Gasteiger partial charge in [-0.05, 0) is 53.4 Å². The molecule has 7 nitrogen and oxygen atoms in total. The third kappa shape index (κ3) is 6.82. The van der Waals surface area contributed by atoms with E-state index >= 15 is 0 Å². The number of nitrogens with one attached hydrogen (secondary N) is 1. The molecular weight excluding hydrogens is 502 g/mol. The maximum Gasteiger partial charge on any atom is 0.326 e. The zero-order valence-electron chi connectivity index (χ0n) is 22.0. The normalized spacial score (nSPS) is 11.9. The zero-order chi connectivity index (χ0) is 27.9. The van der Waals surface area contributed by atoms with Gasteiger partial charge in [-0.15, -0.1) is 0 Å². The predicted molar refractivity (Wildman–Crippen MR) is 155 cm³/mol. The van der Waals surface area contributed by atoms with Gasteiger partial charge in [0, 0.05) is 18.8 Å². The van der Waals surface area contributed by atoms with Gasteiger partial charge >= 0.3 is 5.97 Å². The molecule has 0 saturated heterocycles. The monoisotopic (exact) mass is 531 g/mol. The fraction of sp³-hybridized carbons (Fsp3) is 0.121. The van der Waals surface area contributed by atoms with Crippen molar-refractivity contribution < 1.29 is 19.4 Å². The van der Waals surface area contributed by atoms with Crippen LogP contribution in [0.15, 0.2) is 103 Å². The van der Waals surface area contributed by atoms with Crippen molar-refractivity contribution >= 4 is 29.7 Å². The average Bonchev–Trinajstić information content (AvgIpc) is 3.40. The molecule has 2 N–H and O–H groups in total. The number of ether oxygens (including phenoxy) is 1. The molecular formula is C33H29N3O4. The summed E-state index contributed by atoms with van der Waals surface area (Å²) < 4.78 is 7.56. The SMILES string of the molecule is Cc1ccc(/C=C/c2ccc3nc(C(=O)N[C@@H](Cc4ccc(OCc5ccccc5)cc4)C(=O)O)cn3c2)cc1.